The van der Waals surface area contributed by atoms with Gasteiger partial charge in [0.25, 0.3) is 0 Å². The van der Waals surface area contributed by atoms with Crippen molar-refractivity contribution >= 4 is 18.4 Å². The van der Waals surface area contributed by atoms with Crippen LogP contribution in [-0.2, 0) is 9.53 Å². The summed E-state index contributed by atoms with van der Waals surface area (Å²) in [7, 11) is 1.23. The van der Waals surface area contributed by atoms with Gasteiger partial charge in [-0.15, -0.1) is 12.4 Å². The number of halogens is 1. The molecule has 0 radical (unpaired) electrons. The molecule has 2 unspecified atom stereocenters. The van der Waals surface area contributed by atoms with Gasteiger partial charge < -0.3 is 21.1 Å². The first-order valence-electron chi connectivity index (χ1n) is 2.61. The van der Waals surface area contributed by atoms with Crippen LogP contribution in [0.1, 0.15) is 6.92 Å². The summed E-state index contributed by atoms with van der Waals surface area (Å²) in [6.45, 7) is 1.43. The molecule has 0 aromatic carbocycles. The summed E-state index contributed by atoms with van der Waals surface area (Å²) in [5.74, 6) is -0.593. The molecule has 11 heavy (non-hydrogen) atoms. The largest absolute Gasteiger partial charge is 0.468 e. The van der Waals surface area contributed by atoms with Crippen molar-refractivity contribution < 1.29 is 20.1 Å². The molecular weight excluding hydrogens is 174 g/mol. The van der Waals surface area contributed by atoms with Crippen LogP contribution in [0.25, 0.3) is 0 Å². The first-order chi connectivity index (χ1) is 4.09. The summed E-state index contributed by atoms with van der Waals surface area (Å²) in [5, 5.41) is 8.70. The van der Waals surface area contributed by atoms with E-state index in [1.54, 1.807) is 0 Å². The number of esters is 1. The van der Waals surface area contributed by atoms with E-state index in [1.807, 2.05) is 0 Å². The topological polar surface area (TPSA) is 104 Å². The number of hydrogen-bond acceptors (Lipinski definition) is 4. The van der Waals surface area contributed by atoms with Crippen LogP contribution in [0.15, 0.2) is 0 Å². The zero-order valence-electron chi connectivity index (χ0n) is 6.40. The fourth-order valence-electron chi connectivity index (χ4n) is 0.333. The molecule has 0 heterocycles. The Morgan fingerprint density at radius 1 is 1.64 bits per heavy atom. The molecule has 0 spiro atoms. The van der Waals surface area contributed by atoms with Crippen LogP contribution in [0.5, 0.6) is 0 Å². The van der Waals surface area contributed by atoms with E-state index in [9.17, 15) is 4.79 Å². The Hall–Kier alpha value is -0.360. The Labute approximate surface area is 71.2 Å². The van der Waals surface area contributed by atoms with Gasteiger partial charge in [-0.3, -0.25) is 4.79 Å². The lowest BCUT2D eigenvalue weighted by molar-refractivity contribution is -0.144. The highest BCUT2D eigenvalue weighted by atomic mass is 35.5. The minimum atomic E-state index is -0.921. The second-order valence-electron chi connectivity index (χ2n) is 1.79. The molecule has 0 aromatic heterocycles. The lowest BCUT2D eigenvalue weighted by Gasteiger charge is -2.10. The van der Waals surface area contributed by atoms with Crippen LogP contribution in [0.3, 0.4) is 0 Å². The highest BCUT2D eigenvalue weighted by Crippen LogP contribution is 1.89. The third kappa shape index (κ3) is 6.05. The van der Waals surface area contributed by atoms with Crippen LogP contribution >= 0.6 is 12.4 Å². The summed E-state index contributed by atoms with van der Waals surface area (Å²) in [5.41, 5.74) is 5.15. The van der Waals surface area contributed by atoms with Gasteiger partial charge in [-0.25, -0.2) is 0 Å². The van der Waals surface area contributed by atoms with Gasteiger partial charge in [-0.1, -0.05) is 0 Å². The number of hydrogen-bond donors (Lipinski definition) is 2. The molecule has 5 nitrogen and oxygen atoms in total. The van der Waals surface area contributed by atoms with Gasteiger partial charge in [-0.05, 0) is 6.92 Å². The lowest BCUT2D eigenvalue weighted by atomic mass is 10.2. The normalized spacial score (nSPS) is 13.5. The van der Waals surface area contributed by atoms with E-state index in [0.717, 1.165) is 0 Å². The van der Waals surface area contributed by atoms with Crippen molar-refractivity contribution in [3.8, 4) is 0 Å². The monoisotopic (exact) mass is 187 g/mol. The van der Waals surface area contributed by atoms with Crippen molar-refractivity contribution in [2.75, 3.05) is 7.11 Å². The molecule has 6 heteroatoms. The van der Waals surface area contributed by atoms with Crippen molar-refractivity contribution in [1.82, 2.24) is 0 Å². The Balaban J connectivity index is -0.000000320. The zero-order valence-corrected chi connectivity index (χ0v) is 7.22. The standard InChI is InChI=1S/C5H11NO3.ClH.H2O/c1-3(7)4(6)5(8)9-2;;/h3-4,7H,6H2,1-2H3;1H;1H2. The average Bonchev–Trinajstić information content (AvgIpc) is 1.84. The molecule has 0 saturated heterocycles. The number of rotatable bonds is 2. The number of methoxy groups -OCH3 is 1. The smallest absolute Gasteiger partial charge is 0.325 e. The molecule has 0 fully saturated rings. The summed E-state index contributed by atoms with van der Waals surface area (Å²) < 4.78 is 4.25. The van der Waals surface area contributed by atoms with Gasteiger partial charge in [0.05, 0.1) is 13.2 Å². The SMILES string of the molecule is COC(=O)C(N)C(C)O.Cl.O. The Morgan fingerprint density at radius 2 is 2.00 bits per heavy atom. The maximum atomic E-state index is 10.4. The second-order valence-corrected chi connectivity index (χ2v) is 1.79. The van der Waals surface area contributed by atoms with E-state index in [4.69, 9.17) is 10.8 Å². The van der Waals surface area contributed by atoms with Crippen molar-refractivity contribution in [2.45, 2.75) is 19.1 Å². The highest BCUT2D eigenvalue weighted by molar-refractivity contribution is 5.85. The minimum Gasteiger partial charge on any atom is -0.468 e. The zero-order chi connectivity index (χ0) is 7.44. The molecule has 0 saturated carbocycles. The molecule has 0 rings (SSSR count). The Morgan fingerprint density at radius 3 is 2.09 bits per heavy atom. The fourth-order valence-corrected chi connectivity index (χ4v) is 0.333. The van der Waals surface area contributed by atoms with E-state index in [0.29, 0.717) is 0 Å². The van der Waals surface area contributed by atoms with E-state index in [1.165, 1.54) is 14.0 Å². The van der Waals surface area contributed by atoms with E-state index >= 15 is 0 Å². The lowest BCUT2D eigenvalue weighted by Crippen LogP contribution is -2.40. The summed E-state index contributed by atoms with van der Waals surface area (Å²) in [6, 6.07) is -0.921. The number of nitrogens with two attached hydrogens (primary N) is 1. The van der Waals surface area contributed by atoms with Crippen molar-refractivity contribution in [3.05, 3.63) is 0 Å². The maximum Gasteiger partial charge on any atom is 0.325 e. The molecule has 0 aliphatic heterocycles. The molecule has 70 valence electrons. The third-order valence-corrected chi connectivity index (χ3v) is 0.993. The number of carbonyl (C=O) groups is 1. The van der Waals surface area contributed by atoms with Crippen LogP contribution < -0.4 is 5.73 Å². The first-order valence-corrected chi connectivity index (χ1v) is 2.61. The number of ether oxygens (including phenoxy) is 1. The molecular formula is C5H14ClNO4. The molecule has 0 amide bonds. The number of aliphatic hydroxyl groups is 1. The van der Waals surface area contributed by atoms with Gasteiger partial charge >= 0.3 is 5.97 Å². The van der Waals surface area contributed by atoms with E-state index in [2.05, 4.69) is 4.74 Å². The molecule has 0 aliphatic rings. The van der Waals surface area contributed by atoms with Gasteiger partial charge in [0.2, 0.25) is 0 Å². The Bertz CT molecular complexity index is 109. The maximum absolute atomic E-state index is 10.4. The molecule has 0 aliphatic carbocycles. The van der Waals surface area contributed by atoms with Crippen molar-refractivity contribution in [3.63, 3.8) is 0 Å². The average molecular weight is 188 g/mol. The summed E-state index contributed by atoms with van der Waals surface area (Å²) in [4.78, 5) is 10.4. The van der Waals surface area contributed by atoms with Crippen LogP contribution in [0.4, 0.5) is 0 Å². The predicted molar refractivity (Wildman–Crippen MR) is 42.5 cm³/mol. The van der Waals surface area contributed by atoms with Crippen molar-refractivity contribution in [1.29, 1.82) is 0 Å². The van der Waals surface area contributed by atoms with Crippen LogP contribution in [0.2, 0.25) is 0 Å². The van der Waals surface area contributed by atoms with Crippen LogP contribution in [0, 0.1) is 0 Å². The van der Waals surface area contributed by atoms with Gasteiger partial charge in [0.1, 0.15) is 6.04 Å². The number of aliphatic hydroxyl groups excluding tert-OH is 1. The minimum absolute atomic E-state index is 0. The van der Waals surface area contributed by atoms with Gasteiger partial charge in [-0.2, -0.15) is 0 Å². The van der Waals surface area contributed by atoms with E-state index in [-0.39, 0.29) is 17.9 Å². The summed E-state index contributed by atoms with van der Waals surface area (Å²) >= 11 is 0. The molecule has 0 aromatic rings. The predicted octanol–water partition coefficient (Wildman–Crippen LogP) is -1.54. The molecule has 5 N–H and O–H groups in total. The second kappa shape index (κ2) is 7.74. The van der Waals surface area contributed by atoms with Crippen LogP contribution in [-0.4, -0.2) is 35.8 Å². The highest BCUT2D eigenvalue weighted by Gasteiger charge is 2.18. The van der Waals surface area contributed by atoms with Crippen molar-refractivity contribution in [2.24, 2.45) is 5.73 Å². The Kier molecular flexibility index (Phi) is 11.9. The van der Waals surface area contributed by atoms with Gasteiger partial charge in [0.15, 0.2) is 0 Å². The molecule has 2 atom stereocenters. The van der Waals surface area contributed by atoms with E-state index < -0.39 is 18.1 Å². The van der Waals surface area contributed by atoms with Gasteiger partial charge in [0, 0.05) is 0 Å². The summed E-state index contributed by atoms with van der Waals surface area (Å²) in [6.07, 6.45) is -0.850. The third-order valence-electron chi connectivity index (χ3n) is 0.993. The molecule has 0 bridgehead atoms. The fraction of sp³-hybridized carbons (Fsp3) is 0.800. The quantitative estimate of drug-likeness (QED) is 0.512. The number of carbonyl (C=O) groups excluding carboxylic acids is 1. The first kappa shape index (κ1) is 16.9.